The van der Waals surface area contributed by atoms with Gasteiger partial charge in [-0.05, 0) is 17.7 Å². The van der Waals surface area contributed by atoms with Gasteiger partial charge in [-0.25, -0.2) is 0 Å². The van der Waals surface area contributed by atoms with Crippen LogP contribution in [0.4, 0.5) is 0 Å². The molecule has 1 aromatic rings. The molecule has 25 heavy (non-hydrogen) atoms. The van der Waals surface area contributed by atoms with Crippen LogP contribution in [0.2, 0.25) is 0 Å². The Kier molecular flexibility index (Phi) is 6.16. The second kappa shape index (κ2) is 8.32. The maximum Gasteiger partial charge on any atom is 0.308 e. The lowest BCUT2D eigenvalue weighted by Gasteiger charge is -2.39. The molecule has 0 bridgehead atoms. The lowest BCUT2D eigenvalue weighted by molar-refractivity contribution is -0.159. The van der Waals surface area contributed by atoms with E-state index in [1.165, 1.54) is 23.0 Å². The molecule has 2 rings (SSSR count). The molecule has 0 aromatic heterocycles. The molecule has 0 N–H and O–H groups in total. The van der Waals surface area contributed by atoms with E-state index in [1.807, 2.05) is 12.1 Å². The van der Waals surface area contributed by atoms with Crippen molar-refractivity contribution in [2.24, 2.45) is 0 Å². The summed E-state index contributed by atoms with van der Waals surface area (Å²) in [6, 6.07) is 6.39. The first-order valence-corrected chi connectivity index (χ1v) is 7.89. The Hall–Kier alpha value is -2.83. The van der Waals surface area contributed by atoms with E-state index in [0.717, 1.165) is 5.56 Å². The minimum atomic E-state index is -0.870. The molecule has 1 aromatic carbocycles. The lowest BCUT2D eigenvalue weighted by Crippen LogP contribution is -2.60. The van der Waals surface area contributed by atoms with Gasteiger partial charge in [0.15, 0.2) is 0 Å². The molecule has 1 atom stereocenters. The molecule has 0 saturated carbocycles. The highest BCUT2D eigenvalue weighted by Gasteiger charge is 2.40. The van der Waals surface area contributed by atoms with Gasteiger partial charge in [0.25, 0.3) is 0 Å². The van der Waals surface area contributed by atoms with Crippen LogP contribution in [0.25, 0.3) is 0 Å². The highest BCUT2D eigenvalue weighted by molar-refractivity contribution is 5.97. The number of esters is 1. The van der Waals surface area contributed by atoms with Crippen molar-refractivity contribution < 1.29 is 23.9 Å². The summed E-state index contributed by atoms with van der Waals surface area (Å²) in [6.07, 6.45) is 1.36. The first-order valence-electron chi connectivity index (χ1n) is 7.89. The molecule has 7 heteroatoms. The highest BCUT2D eigenvalue weighted by Crippen LogP contribution is 2.20. The molecule has 134 valence electrons. The van der Waals surface area contributed by atoms with Gasteiger partial charge in [-0.2, -0.15) is 0 Å². The van der Waals surface area contributed by atoms with Gasteiger partial charge in [-0.1, -0.05) is 18.2 Å². The van der Waals surface area contributed by atoms with Gasteiger partial charge < -0.3 is 19.3 Å². The summed E-state index contributed by atoms with van der Waals surface area (Å²) in [5.41, 5.74) is 0.871. The van der Waals surface area contributed by atoms with E-state index in [0.29, 0.717) is 5.75 Å². The van der Waals surface area contributed by atoms with Crippen LogP contribution in [-0.4, -0.2) is 60.9 Å². The van der Waals surface area contributed by atoms with E-state index in [-0.39, 0.29) is 37.9 Å². The van der Waals surface area contributed by atoms with Crippen LogP contribution in [0.5, 0.6) is 5.75 Å². The molecular formula is C18H22N2O5. The number of amides is 2. The van der Waals surface area contributed by atoms with Gasteiger partial charge >= 0.3 is 5.97 Å². The monoisotopic (exact) mass is 346 g/mol. The SMILES string of the molecule is C=CCN1C(=O)CN(Cc2ccc(OC)cc2)C(=O)[C@@H]1CC(=O)OC. The molecule has 1 aliphatic heterocycles. The average molecular weight is 346 g/mol. The average Bonchev–Trinajstić information content (AvgIpc) is 2.62. The summed E-state index contributed by atoms with van der Waals surface area (Å²) < 4.78 is 9.76. The van der Waals surface area contributed by atoms with Crippen LogP contribution >= 0.6 is 0 Å². The molecule has 0 radical (unpaired) electrons. The molecule has 1 aliphatic rings. The number of benzene rings is 1. The Bertz CT molecular complexity index is 656. The van der Waals surface area contributed by atoms with Crippen molar-refractivity contribution in [2.45, 2.75) is 19.0 Å². The smallest absolute Gasteiger partial charge is 0.308 e. The lowest BCUT2D eigenvalue weighted by atomic mass is 10.1. The van der Waals surface area contributed by atoms with Gasteiger partial charge in [-0.3, -0.25) is 14.4 Å². The summed E-state index contributed by atoms with van der Waals surface area (Å²) in [4.78, 5) is 39.7. The summed E-state index contributed by atoms with van der Waals surface area (Å²) in [7, 11) is 2.83. The molecule has 1 heterocycles. The summed E-state index contributed by atoms with van der Waals surface area (Å²) in [5.74, 6) is -0.318. The molecule has 7 nitrogen and oxygen atoms in total. The van der Waals surface area contributed by atoms with Crippen molar-refractivity contribution in [2.75, 3.05) is 27.3 Å². The maximum atomic E-state index is 12.8. The molecule has 2 amide bonds. The fourth-order valence-electron chi connectivity index (χ4n) is 2.74. The number of piperazine rings is 1. The quantitative estimate of drug-likeness (QED) is 0.543. The van der Waals surface area contributed by atoms with Crippen LogP contribution in [-0.2, 0) is 25.7 Å². The van der Waals surface area contributed by atoms with Gasteiger partial charge in [-0.15, -0.1) is 6.58 Å². The zero-order valence-electron chi connectivity index (χ0n) is 14.4. The number of rotatable bonds is 7. The van der Waals surface area contributed by atoms with E-state index in [1.54, 1.807) is 19.2 Å². The largest absolute Gasteiger partial charge is 0.497 e. The predicted molar refractivity (Wildman–Crippen MR) is 90.7 cm³/mol. The fraction of sp³-hybridized carbons (Fsp3) is 0.389. The van der Waals surface area contributed by atoms with Crippen molar-refractivity contribution in [1.29, 1.82) is 0 Å². The van der Waals surface area contributed by atoms with Crippen LogP contribution in [0.3, 0.4) is 0 Å². The van der Waals surface area contributed by atoms with Crippen LogP contribution in [0.1, 0.15) is 12.0 Å². The second-order valence-electron chi connectivity index (χ2n) is 5.67. The van der Waals surface area contributed by atoms with E-state index in [2.05, 4.69) is 11.3 Å². The van der Waals surface area contributed by atoms with E-state index >= 15 is 0 Å². The summed E-state index contributed by atoms with van der Waals surface area (Å²) in [5, 5.41) is 0. The third kappa shape index (κ3) is 4.37. The summed E-state index contributed by atoms with van der Waals surface area (Å²) >= 11 is 0. The Balaban J connectivity index is 2.18. The van der Waals surface area contributed by atoms with Gasteiger partial charge in [0.2, 0.25) is 11.8 Å². The van der Waals surface area contributed by atoms with Crippen molar-refractivity contribution in [3.8, 4) is 5.75 Å². The molecule has 0 aliphatic carbocycles. The molecule has 0 spiro atoms. The third-order valence-corrected chi connectivity index (χ3v) is 4.07. The maximum absolute atomic E-state index is 12.8. The van der Waals surface area contributed by atoms with Crippen molar-refractivity contribution in [3.63, 3.8) is 0 Å². The van der Waals surface area contributed by atoms with Crippen molar-refractivity contribution >= 4 is 17.8 Å². The minimum absolute atomic E-state index is 0.0314. The number of carbonyl (C=O) groups excluding carboxylic acids is 3. The third-order valence-electron chi connectivity index (χ3n) is 4.07. The molecule has 0 unspecified atom stereocenters. The summed E-state index contributed by atoms with van der Waals surface area (Å²) in [6.45, 7) is 4.07. The van der Waals surface area contributed by atoms with Crippen LogP contribution < -0.4 is 4.74 Å². The first kappa shape index (κ1) is 18.5. The highest BCUT2D eigenvalue weighted by atomic mass is 16.5. The van der Waals surface area contributed by atoms with Crippen molar-refractivity contribution in [3.05, 3.63) is 42.5 Å². The van der Waals surface area contributed by atoms with Gasteiger partial charge in [0.05, 0.1) is 20.6 Å². The van der Waals surface area contributed by atoms with E-state index in [4.69, 9.17) is 4.74 Å². The zero-order chi connectivity index (χ0) is 18.4. The van der Waals surface area contributed by atoms with E-state index in [9.17, 15) is 14.4 Å². The van der Waals surface area contributed by atoms with E-state index < -0.39 is 12.0 Å². The standard InChI is InChI=1S/C18H22N2O5/c1-4-9-20-15(10-17(22)25-3)18(23)19(12-16(20)21)11-13-5-7-14(24-2)8-6-13/h4-8,15H,1,9-12H2,2-3H3/t15-/m0/s1. The Morgan fingerprint density at radius 2 is 1.96 bits per heavy atom. The Morgan fingerprint density at radius 1 is 1.28 bits per heavy atom. The van der Waals surface area contributed by atoms with Gasteiger partial charge in [0, 0.05) is 13.1 Å². The number of hydrogen-bond donors (Lipinski definition) is 0. The number of nitrogens with zero attached hydrogens (tertiary/aromatic N) is 2. The number of carbonyl (C=O) groups is 3. The Labute approximate surface area is 146 Å². The first-order chi connectivity index (χ1) is 12.0. The minimum Gasteiger partial charge on any atom is -0.497 e. The fourth-order valence-corrected chi connectivity index (χ4v) is 2.74. The number of methoxy groups -OCH3 is 2. The van der Waals surface area contributed by atoms with Gasteiger partial charge in [0.1, 0.15) is 18.3 Å². The zero-order valence-corrected chi connectivity index (χ0v) is 14.4. The second-order valence-corrected chi connectivity index (χ2v) is 5.67. The number of ether oxygens (including phenoxy) is 2. The topological polar surface area (TPSA) is 76.2 Å². The predicted octanol–water partition coefficient (Wildman–Crippen LogP) is 0.984. The van der Waals surface area contributed by atoms with Crippen molar-refractivity contribution in [1.82, 2.24) is 9.80 Å². The van der Waals surface area contributed by atoms with Crippen LogP contribution in [0, 0.1) is 0 Å². The Morgan fingerprint density at radius 3 is 2.52 bits per heavy atom. The van der Waals surface area contributed by atoms with Crippen LogP contribution in [0.15, 0.2) is 36.9 Å². The number of hydrogen-bond acceptors (Lipinski definition) is 5. The molecule has 1 saturated heterocycles. The molecular weight excluding hydrogens is 324 g/mol. The normalized spacial score (nSPS) is 17.4. The molecule has 1 fully saturated rings.